The van der Waals surface area contributed by atoms with Crippen LogP contribution in [0.15, 0.2) is 73.5 Å². The van der Waals surface area contributed by atoms with Gasteiger partial charge in [0.2, 0.25) is 0 Å². The molecular weight excluding hydrogens is 328 g/mol. The lowest BCUT2D eigenvalue weighted by Crippen LogP contribution is -1.86. The zero-order valence-electron chi connectivity index (χ0n) is 13.3. The number of benzene rings is 2. The van der Waals surface area contributed by atoms with E-state index in [1.165, 1.54) is 0 Å². The lowest BCUT2D eigenvalue weighted by molar-refractivity contribution is 1.26. The largest absolute Gasteiger partial charge is 0.289 e. The van der Waals surface area contributed by atoms with E-state index in [-0.39, 0.29) is 0 Å². The maximum absolute atomic E-state index is 4.82. The second-order valence-electron chi connectivity index (χ2n) is 5.72. The Morgan fingerprint density at radius 1 is 0.880 bits per heavy atom. The molecule has 5 rings (SSSR count). The monoisotopic (exact) mass is 342 g/mol. The topological polar surface area (TPSA) is 34.6 Å². The van der Waals surface area contributed by atoms with Gasteiger partial charge in [-0.25, -0.2) is 9.97 Å². The van der Waals surface area contributed by atoms with Gasteiger partial charge in [-0.2, -0.15) is 0 Å². The number of aromatic nitrogens is 4. The molecule has 0 saturated carbocycles. The molecule has 0 atom stereocenters. The number of imidazole rings is 2. The van der Waals surface area contributed by atoms with E-state index < -0.39 is 0 Å². The smallest absolute Gasteiger partial charge is 0.198 e. The Kier molecular flexibility index (Phi) is 3.08. The van der Waals surface area contributed by atoms with Crippen LogP contribution in [0.3, 0.4) is 0 Å². The normalized spacial score (nSPS) is 12.0. The van der Waals surface area contributed by atoms with E-state index in [9.17, 15) is 0 Å². The second kappa shape index (κ2) is 5.43. The molecule has 0 spiro atoms. The van der Waals surface area contributed by atoms with Crippen LogP contribution in [-0.4, -0.2) is 18.8 Å². The van der Waals surface area contributed by atoms with E-state index in [0.717, 1.165) is 37.7 Å². The van der Waals surface area contributed by atoms with Crippen LogP contribution >= 0.6 is 11.3 Å². The minimum Gasteiger partial charge on any atom is -0.289 e. The predicted octanol–water partition coefficient (Wildman–Crippen LogP) is 5.11. The highest BCUT2D eigenvalue weighted by molar-refractivity contribution is 7.21. The SMILES string of the molecule is C=C/C=C\c1cn2c(n1)sc1nc3ccccc3n1c1ccccc12. The summed E-state index contributed by atoms with van der Waals surface area (Å²) < 4.78 is 4.34. The summed E-state index contributed by atoms with van der Waals surface area (Å²) >= 11 is 1.58. The number of hydrogen-bond acceptors (Lipinski definition) is 3. The minimum absolute atomic E-state index is 0.904. The van der Waals surface area contributed by atoms with E-state index >= 15 is 0 Å². The quantitative estimate of drug-likeness (QED) is 0.418. The van der Waals surface area contributed by atoms with Gasteiger partial charge in [0, 0.05) is 6.20 Å². The molecule has 0 fully saturated rings. The van der Waals surface area contributed by atoms with Crippen LogP contribution in [0.5, 0.6) is 0 Å². The van der Waals surface area contributed by atoms with Gasteiger partial charge in [-0.05, 0) is 30.3 Å². The van der Waals surface area contributed by atoms with Crippen molar-refractivity contribution < 1.29 is 0 Å². The highest BCUT2D eigenvalue weighted by atomic mass is 32.1. The maximum atomic E-state index is 4.82. The summed E-state index contributed by atoms with van der Waals surface area (Å²) in [6.07, 6.45) is 7.66. The van der Waals surface area contributed by atoms with Crippen LogP contribution in [0.4, 0.5) is 0 Å². The second-order valence-corrected chi connectivity index (χ2v) is 6.66. The fourth-order valence-electron chi connectivity index (χ4n) is 3.12. The average Bonchev–Trinajstić information content (AvgIpc) is 3.18. The highest BCUT2D eigenvalue weighted by Crippen LogP contribution is 2.27. The molecule has 0 aliphatic rings. The number of rotatable bonds is 2. The molecule has 0 bridgehead atoms. The minimum atomic E-state index is 0.904. The van der Waals surface area contributed by atoms with Gasteiger partial charge in [0.25, 0.3) is 0 Å². The molecule has 2 aromatic carbocycles. The molecule has 120 valence electrons. The van der Waals surface area contributed by atoms with E-state index in [0.29, 0.717) is 0 Å². The summed E-state index contributed by atoms with van der Waals surface area (Å²) in [7, 11) is 0. The highest BCUT2D eigenvalue weighted by Gasteiger charge is 2.11. The summed E-state index contributed by atoms with van der Waals surface area (Å²) in [5, 5.41) is 0. The van der Waals surface area contributed by atoms with Crippen molar-refractivity contribution in [3.05, 3.63) is 79.2 Å². The van der Waals surface area contributed by atoms with Gasteiger partial charge in [0.15, 0.2) is 9.92 Å². The van der Waals surface area contributed by atoms with Gasteiger partial charge in [-0.3, -0.25) is 8.80 Å². The third-order valence-corrected chi connectivity index (χ3v) is 5.12. The molecular formula is C20H14N4S. The fourth-order valence-corrected chi connectivity index (χ4v) is 4.11. The van der Waals surface area contributed by atoms with Crippen molar-refractivity contribution in [1.29, 1.82) is 0 Å². The van der Waals surface area contributed by atoms with Gasteiger partial charge < -0.3 is 0 Å². The third kappa shape index (κ3) is 2.13. The molecule has 3 heterocycles. The number of fused-ring (bicyclic) bond motifs is 7. The zero-order valence-corrected chi connectivity index (χ0v) is 14.1. The predicted molar refractivity (Wildman–Crippen MR) is 105 cm³/mol. The molecule has 0 aliphatic heterocycles. The molecule has 5 aromatic rings. The Morgan fingerprint density at radius 2 is 1.64 bits per heavy atom. The Labute approximate surface area is 147 Å². The van der Waals surface area contributed by atoms with Crippen LogP contribution in [0.2, 0.25) is 0 Å². The number of para-hydroxylation sites is 4. The van der Waals surface area contributed by atoms with Gasteiger partial charge in [0.05, 0.1) is 27.8 Å². The Hall–Kier alpha value is -3.18. The van der Waals surface area contributed by atoms with Crippen molar-refractivity contribution in [2.24, 2.45) is 0 Å². The van der Waals surface area contributed by atoms with Crippen LogP contribution in [0.25, 0.3) is 38.1 Å². The van der Waals surface area contributed by atoms with E-state index in [1.807, 2.05) is 30.4 Å². The van der Waals surface area contributed by atoms with Crippen molar-refractivity contribution in [1.82, 2.24) is 18.8 Å². The lowest BCUT2D eigenvalue weighted by Gasteiger charge is -1.99. The molecule has 0 aliphatic carbocycles. The zero-order chi connectivity index (χ0) is 16.8. The van der Waals surface area contributed by atoms with Crippen LogP contribution in [0.1, 0.15) is 5.69 Å². The van der Waals surface area contributed by atoms with Gasteiger partial charge in [0.1, 0.15) is 0 Å². The maximum Gasteiger partial charge on any atom is 0.198 e. The van der Waals surface area contributed by atoms with Crippen molar-refractivity contribution in [2.75, 3.05) is 0 Å². The van der Waals surface area contributed by atoms with E-state index in [4.69, 9.17) is 9.97 Å². The number of allylic oxidation sites excluding steroid dienone is 2. The summed E-state index contributed by atoms with van der Waals surface area (Å²) in [5.74, 6) is 0. The lowest BCUT2D eigenvalue weighted by atomic mass is 10.3. The first kappa shape index (κ1) is 14.2. The molecule has 4 nitrogen and oxygen atoms in total. The van der Waals surface area contributed by atoms with E-state index in [1.54, 1.807) is 17.4 Å². The fraction of sp³-hybridized carbons (Fsp3) is 0. The van der Waals surface area contributed by atoms with Gasteiger partial charge >= 0.3 is 0 Å². The van der Waals surface area contributed by atoms with Crippen molar-refractivity contribution in [3.63, 3.8) is 0 Å². The molecule has 0 radical (unpaired) electrons. The van der Waals surface area contributed by atoms with Crippen LogP contribution in [0, 0.1) is 0 Å². The Bertz CT molecular complexity index is 1320. The molecule has 0 saturated heterocycles. The Balaban J connectivity index is 2.04. The number of hydrogen-bond donors (Lipinski definition) is 0. The summed E-state index contributed by atoms with van der Waals surface area (Å²) in [6.45, 7) is 3.72. The van der Waals surface area contributed by atoms with Crippen LogP contribution in [-0.2, 0) is 0 Å². The van der Waals surface area contributed by atoms with Gasteiger partial charge in [-0.1, -0.05) is 54.3 Å². The average molecular weight is 342 g/mol. The molecule has 0 amide bonds. The summed E-state index contributed by atoms with van der Waals surface area (Å²) in [5.41, 5.74) is 5.20. The first-order valence-electron chi connectivity index (χ1n) is 7.99. The van der Waals surface area contributed by atoms with Crippen molar-refractivity contribution in [2.45, 2.75) is 0 Å². The number of nitrogens with zero attached hydrogens (tertiary/aromatic N) is 4. The first-order chi connectivity index (χ1) is 12.3. The Morgan fingerprint density at radius 3 is 2.48 bits per heavy atom. The third-order valence-electron chi connectivity index (χ3n) is 4.19. The summed E-state index contributed by atoms with van der Waals surface area (Å²) in [6, 6.07) is 16.6. The molecule has 0 N–H and O–H groups in total. The molecule has 3 aromatic heterocycles. The van der Waals surface area contributed by atoms with Gasteiger partial charge in [-0.15, -0.1) is 0 Å². The van der Waals surface area contributed by atoms with Crippen molar-refractivity contribution >= 4 is 49.4 Å². The van der Waals surface area contributed by atoms with Crippen LogP contribution < -0.4 is 0 Å². The van der Waals surface area contributed by atoms with E-state index in [2.05, 4.69) is 51.9 Å². The standard InChI is InChI=1S/C20H14N4S/c1-2-3-8-14-13-23-17-11-6-7-12-18(17)24-16-10-5-4-9-15(16)22-20(24)25-19(23)21-14/h2-13H,1H2/b8-3-. The molecule has 5 heteroatoms. The van der Waals surface area contributed by atoms with Crippen molar-refractivity contribution in [3.8, 4) is 0 Å². The molecule has 25 heavy (non-hydrogen) atoms. The first-order valence-corrected chi connectivity index (χ1v) is 8.80. The molecule has 0 unspecified atom stereocenters. The summed E-state index contributed by atoms with van der Waals surface area (Å²) in [4.78, 5) is 11.4.